The van der Waals surface area contributed by atoms with Crippen LogP contribution in [0, 0.1) is 11.6 Å². The summed E-state index contributed by atoms with van der Waals surface area (Å²) in [6, 6.07) is 8.91. The Morgan fingerprint density at radius 1 is 1.19 bits per heavy atom. The molecule has 3 rings (SSSR count). The third-order valence-electron chi connectivity index (χ3n) is 3.69. The Morgan fingerprint density at radius 3 is 2.62 bits per heavy atom. The standard InChI is InChI=1S/C16H14F2N2O/c17-13-2-1-3-14(18)12(13)9-16(21)20-7-6-10-8-11(19)4-5-15(10)20/h1-5,8H,6-7,9,19H2. The predicted molar refractivity (Wildman–Crippen MR) is 77.0 cm³/mol. The van der Waals surface area contributed by atoms with E-state index in [1.165, 1.54) is 6.07 Å². The second-order valence-corrected chi connectivity index (χ2v) is 5.06. The predicted octanol–water partition coefficient (Wildman–Crippen LogP) is 2.68. The second-order valence-electron chi connectivity index (χ2n) is 5.06. The highest BCUT2D eigenvalue weighted by atomic mass is 19.1. The van der Waals surface area contributed by atoms with Crippen molar-refractivity contribution in [1.82, 2.24) is 0 Å². The van der Waals surface area contributed by atoms with Crippen LogP contribution in [0.2, 0.25) is 0 Å². The third kappa shape index (κ3) is 2.46. The number of nitrogens with zero attached hydrogens (tertiary/aromatic N) is 1. The molecule has 0 atom stereocenters. The summed E-state index contributed by atoms with van der Waals surface area (Å²) in [5.74, 6) is -1.71. The Hall–Kier alpha value is -2.43. The minimum absolute atomic E-state index is 0.189. The first-order valence-corrected chi connectivity index (χ1v) is 6.68. The highest BCUT2D eigenvalue weighted by Gasteiger charge is 2.26. The van der Waals surface area contributed by atoms with Gasteiger partial charge in [-0.3, -0.25) is 4.79 Å². The summed E-state index contributed by atoms with van der Waals surface area (Å²) in [6.45, 7) is 0.508. The van der Waals surface area contributed by atoms with Crippen molar-refractivity contribution in [2.24, 2.45) is 0 Å². The summed E-state index contributed by atoms with van der Waals surface area (Å²) in [4.78, 5) is 13.9. The number of hydrogen-bond acceptors (Lipinski definition) is 2. The number of nitrogens with two attached hydrogens (primary N) is 1. The van der Waals surface area contributed by atoms with Crippen LogP contribution >= 0.6 is 0 Å². The number of benzene rings is 2. The molecule has 5 heteroatoms. The van der Waals surface area contributed by atoms with Crippen molar-refractivity contribution >= 4 is 17.3 Å². The number of carbonyl (C=O) groups excluding carboxylic acids is 1. The Balaban J connectivity index is 1.85. The molecule has 0 aromatic heterocycles. The van der Waals surface area contributed by atoms with Crippen LogP contribution in [0.1, 0.15) is 11.1 Å². The van der Waals surface area contributed by atoms with Gasteiger partial charge in [0.2, 0.25) is 5.91 Å². The lowest BCUT2D eigenvalue weighted by atomic mass is 10.1. The topological polar surface area (TPSA) is 46.3 Å². The molecular formula is C16H14F2N2O. The minimum Gasteiger partial charge on any atom is -0.399 e. The highest BCUT2D eigenvalue weighted by Crippen LogP contribution is 2.30. The molecule has 2 aromatic carbocycles. The highest BCUT2D eigenvalue weighted by molar-refractivity contribution is 5.97. The van der Waals surface area contributed by atoms with E-state index in [0.717, 1.165) is 23.4 Å². The molecule has 1 aliphatic rings. The number of hydrogen-bond donors (Lipinski definition) is 1. The summed E-state index contributed by atoms with van der Waals surface area (Å²) < 4.78 is 27.2. The van der Waals surface area contributed by atoms with Crippen molar-refractivity contribution in [1.29, 1.82) is 0 Å². The van der Waals surface area contributed by atoms with Crippen molar-refractivity contribution in [3.8, 4) is 0 Å². The zero-order valence-electron chi connectivity index (χ0n) is 11.3. The average molecular weight is 288 g/mol. The van der Waals surface area contributed by atoms with Crippen LogP contribution in [0.5, 0.6) is 0 Å². The summed E-state index contributed by atoms with van der Waals surface area (Å²) in [5.41, 5.74) is 7.92. The Bertz CT molecular complexity index is 695. The largest absolute Gasteiger partial charge is 0.399 e. The van der Waals surface area contributed by atoms with Crippen LogP contribution in [-0.4, -0.2) is 12.5 Å². The van der Waals surface area contributed by atoms with Crippen LogP contribution in [0.25, 0.3) is 0 Å². The number of anilines is 2. The number of rotatable bonds is 2. The molecular weight excluding hydrogens is 274 g/mol. The van der Waals surface area contributed by atoms with Crippen molar-refractivity contribution in [2.45, 2.75) is 12.8 Å². The van der Waals surface area contributed by atoms with Crippen molar-refractivity contribution in [2.75, 3.05) is 17.2 Å². The smallest absolute Gasteiger partial charge is 0.231 e. The van der Waals surface area contributed by atoms with E-state index in [9.17, 15) is 13.6 Å². The monoisotopic (exact) mass is 288 g/mol. The fourth-order valence-corrected chi connectivity index (χ4v) is 2.63. The third-order valence-corrected chi connectivity index (χ3v) is 3.69. The molecule has 2 N–H and O–H groups in total. The normalized spacial score (nSPS) is 13.3. The lowest BCUT2D eigenvalue weighted by Crippen LogP contribution is -2.30. The first kappa shape index (κ1) is 13.5. The van der Waals surface area contributed by atoms with Gasteiger partial charge < -0.3 is 10.6 Å². The van der Waals surface area contributed by atoms with Crippen molar-refractivity contribution in [3.63, 3.8) is 0 Å². The summed E-state index contributed by atoms with van der Waals surface area (Å²) in [6.07, 6.45) is 0.411. The zero-order valence-corrected chi connectivity index (χ0v) is 11.3. The van der Waals surface area contributed by atoms with Crippen LogP contribution in [0.15, 0.2) is 36.4 Å². The molecule has 0 spiro atoms. The number of nitrogen functional groups attached to an aromatic ring is 1. The minimum atomic E-state index is -0.694. The van der Waals surface area contributed by atoms with Crippen LogP contribution in [0.3, 0.4) is 0 Å². The van der Waals surface area contributed by atoms with Crippen molar-refractivity contribution in [3.05, 3.63) is 59.2 Å². The van der Waals surface area contributed by atoms with E-state index in [0.29, 0.717) is 18.7 Å². The Kier molecular flexibility index (Phi) is 3.33. The summed E-state index contributed by atoms with van der Waals surface area (Å²) in [5, 5.41) is 0. The summed E-state index contributed by atoms with van der Waals surface area (Å²) >= 11 is 0. The molecule has 0 unspecified atom stereocenters. The average Bonchev–Trinajstić information content (AvgIpc) is 2.85. The molecule has 0 saturated carbocycles. The molecule has 2 aromatic rings. The van der Waals surface area contributed by atoms with Gasteiger partial charge in [0, 0.05) is 23.5 Å². The number of carbonyl (C=O) groups is 1. The second kappa shape index (κ2) is 5.16. The maximum Gasteiger partial charge on any atom is 0.231 e. The van der Waals surface area contributed by atoms with Gasteiger partial charge in [-0.25, -0.2) is 8.78 Å². The molecule has 0 bridgehead atoms. The van der Waals surface area contributed by atoms with Gasteiger partial charge in [0.05, 0.1) is 6.42 Å². The van der Waals surface area contributed by atoms with Gasteiger partial charge in [-0.1, -0.05) is 6.07 Å². The molecule has 0 fully saturated rings. The van der Waals surface area contributed by atoms with Crippen LogP contribution in [-0.2, 0) is 17.6 Å². The molecule has 3 nitrogen and oxygen atoms in total. The first-order valence-electron chi connectivity index (χ1n) is 6.68. The van der Waals surface area contributed by atoms with E-state index >= 15 is 0 Å². The first-order chi connectivity index (χ1) is 10.1. The van der Waals surface area contributed by atoms with Gasteiger partial charge in [0.1, 0.15) is 11.6 Å². The van der Waals surface area contributed by atoms with Gasteiger partial charge in [-0.15, -0.1) is 0 Å². The molecule has 0 radical (unpaired) electrons. The number of halogens is 2. The van der Waals surface area contributed by atoms with E-state index < -0.39 is 11.6 Å². The van der Waals surface area contributed by atoms with E-state index in [1.54, 1.807) is 17.0 Å². The van der Waals surface area contributed by atoms with E-state index in [4.69, 9.17) is 5.73 Å². The fraction of sp³-hybridized carbons (Fsp3) is 0.188. The van der Waals surface area contributed by atoms with Crippen molar-refractivity contribution < 1.29 is 13.6 Å². The molecule has 1 aliphatic heterocycles. The van der Waals surface area contributed by atoms with Gasteiger partial charge in [0.15, 0.2) is 0 Å². The SMILES string of the molecule is Nc1ccc2c(c1)CCN2C(=O)Cc1c(F)cccc1F. The molecule has 0 aliphatic carbocycles. The molecule has 0 saturated heterocycles. The van der Waals surface area contributed by atoms with Gasteiger partial charge >= 0.3 is 0 Å². The van der Waals surface area contributed by atoms with Gasteiger partial charge in [-0.2, -0.15) is 0 Å². The molecule has 1 heterocycles. The molecule has 108 valence electrons. The lowest BCUT2D eigenvalue weighted by Gasteiger charge is -2.18. The maximum atomic E-state index is 13.6. The van der Waals surface area contributed by atoms with E-state index in [-0.39, 0.29) is 17.9 Å². The fourth-order valence-electron chi connectivity index (χ4n) is 2.63. The summed E-state index contributed by atoms with van der Waals surface area (Å²) in [7, 11) is 0. The van der Waals surface area contributed by atoms with Gasteiger partial charge in [0.25, 0.3) is 0 Å². The lowest BCUT2D eigenvalue weighted by molar-refractivity contribution is -0.118. The van der Waals surface area contributed by atoms with E-state index in [1.807, 2.05) is 6.07 Å². The molecule has 21 heavy (non-hydrogen) atoms. The van der Waals surface area contributed by atoms with Crippen LogP contribution < -0.4 is 10.6 Å². The maximum absolute atomic E-state index is 13.6. The number of fused-ring (bicyclic) bond motifs is 1. The quantitative estimate of drug-likeness (QED) is 0.864. The van der Waals surface area contributed by atoms with Gasteiger partial charge in [-0.05, 0) is 42.3 Å². The van der Waals surface area contributed by atoms with E-state index in [2.05, 4.69) is 0 Å². The molecule has 1 amide bonds. The zero-order chi connectivity index (χ0) is 15.0. The number of amides is 1. The van der Waals surface area contributed by atoms with Crippen LogP contribution in [0.4, 0.5) is 20.2 Å². The Labute approximate surface area is 121 Å². The Morgan fingerprint density at radius 2 is 1.90 bits per heavy atom.